The van der Waals surface area contributed by atoms with Crippen molar-refractivity contribution in [3.05, 3.63) is 72.3 Å². The zero-order valence-corrected chi connectivity index (χ0v) is 31.9. The van der Waals surface area contributed by atoms with E-state index in [-0.39, 0.29) is 64.2 Å². The molecule has 49 heavy (non-hydrogen) atoms. The van der Waals surface area contributed by atoms with Gasteiger partial charge in [-0.2, -0.15) is 0 Å². The lowest BCUT2D eigenvalue weighted by Crippen LogP contribution is -2.69. The van der Waals surface area contributed by atoms with Crippen molar-refractivity contribution in [2.75, 3.05) is 6.61 Å². The van der Waals surface area contributed by atoms with E-state index in [1.807, 2.05) is 0 Å². The van der Waals surface area contributed by atoms with Gasteiger partial charge in [-0.05, 0) is 76.6 Å². The number of fused-ring (bicyclic) bond motifs is 5. The summed E-state index contributed by atoms with van der Waals surface area (Å²) in [6.07, 6.45) is 6.81. The highest BCUT2D eigenvalue weighted by atomic mass is 28.4. The lowest BCUT2D eigenvalue weighted by Gasteiger charge is -2.64. The van der Waals surface area contributed by atoms with Crippen LogP contribution in [0.25, 0.3) is 0 Å². The zero-order valence-electron chi connectivity index (χ0n) is 30.9. The van der Waals surface area contributed by atoms with Gasteiger partial charge in [0.05, 0.1) is 0 Å². The maximum absolute atomic E-state index is 12.9. The van der Waals surface area contributed by atoms with Gasteiger partial charge in [0.1, 0.15) is 12.2 Å². The number of benzene rings is 2. The van der Waals surface area contributed by atoms with Gasteiger partial charge in [-0.3, -0.25) is 9.59 Å². The van der Waals surface area contributed by atoms with Crippen LogP contribution in [-0.4, -0.2) is 50.3 Å². The van der Waals surface area contributed by atoms with Gasteiger partial charge in [0.15, 0.2) is 0 Å². The first kappa shape index (κ1) is 36.1. The van der Waals surface area contributed by atoms with E-state index < -0.39 is 20.5 Å². The van der Waals surface area contributed by atoms with E-state index in [2.05, 4.69) is 108 Å². The maximum atomic E-state index is 12.9. The molecular weight excluding hydrogens is 629 g/mol. The molecule has 0 amide bonds. The summed E-state index contributed by atoms with van der Waals surface area (Å²) in [6.45, 7) is 16.9. The Bertz CT molecular complexity index is 1490. The summed E-state index contributed by atoms with van der Waals surface area (Å²) in [5.74, 6) is 0.0251. The van der Waals surface area contributed by atoms with E-state index in [1.54, 1.807) is 0 Å². The second kappa shape index (κ2) is 13.4. The van der Waals surface area contributed by atoms with Crippen molar-refractivity contribution in [2.45, 2.75) is 117 Å². The molecule has 3 fully saturated rings. The van der Waals surface area contributed by atoms with Gasteiger partial charge in [-0.15, -0.1) is 0 Å². The van der Waals surface area contributed by atoms with E-state index in [1.165, 1.54) is 29.8 Å². The van der Waals surface area contributed by atoms with Crippen molar-refractivity contribution in [3.8, 4) is 0 Å². The Labute approximate surface area is 295 Å². The largest absolute Gasteiger partial charge is 0.458 e. The molecule has 0 spiro atoms. The van der Waals surface area contributed by atoms with Gasteiger partial charge < -0.3 is 19.0 Å². The molecule has 7 heteroatoms. The monoisotopic (exact) mass is 686 g/mol. The molecule has 0 bridgehead atoms. The van der Waals surface area contributed by atoms with Crippen LogP contribution in [0.4, 0.5) is 0 Å². The number of allylic oxidation sites excluding steroid dienone is 1. The molecule has 6 nitrogen and oxygen atoms in total. The molecule has 0 aromatic heterocycles. The number of hydrogen-bond donors (Lipinski definition) is 1. The molecule has 4 aliphatic carbocycles. The molecule has 266 valence electrons. The molecule has 2 aromatic rings. The third-order valence-electron chi connectivity index (χ3n) is 13.5. The Hall–Kier alpha value is -2.74. The molecule has 0 radical (unpaired) electrons. The summed E-state index contributed by atoms with van der Waals surface area (Å²) in [5.41, 5.74) is 1.13. The Morgan fingerprint density at radius 2 is 1.43 bits per heavy atom. The first-order valence-corrected chi connectivity index (χ1v) is 20.5. The van der Waals surface area contributed by atoms with E-state index in [0.717, 1.165) is 38.5 Å². The van der Waals surface area contributed by atoms with Gasteiger partial charge in [0.2, 0.25) is 0 Å². The average Bonchev–Trinajstić information content (AvgIpc) is 3.42. The van der Waals surface area contributed by atoms with Gasteiger partial charge in [-0.1, -0.05) is 114 Å². The SMILES string of the molecule is CC(=O)O[C@@H]1[C@@H]2[C@H](CC[C@]3(C)C([C@H](C)CO)=CC[C@@H]23)[C@@]2(C)CC[C@H](O[Si](c3ccccc3)(c3ccccc3)C(C)(C)C)CC2[C@H]1OC(C)=O. The minimum absolute atomic E-state index is 0.0199. The number of hydrogen-bond acceptors (Lipinski definition) is 6. The Kier molecular flexibility index (Phi) is 9.88. The highest BCUT2D eigenvalue weighted by molar-refractivity contribution is 6.99. The Morgan fingerprint density at radius 3 is 1.96 bits per heavy atom. The van der Waals surface area contributed by atoms with E-state index in [0.29, 0.717) is 5.92 Å². The fraction of sp³-hybridized carbons (Fsp3) is 0.619. The molecule has 0 heterocycles. The number of rotatable bonds is 8. The molecule has 4 aliphatic rings. The second-order valence-electron chi connectivity index (χ2n) is 17.2. The van der Waals surface area contributed by atoms with Crippen LogP contribution in [0.2, 0.25) is 5.04 Å². The third kappa shape index (κ3) is 6.06. The summed E-state index contributed by atoms with van der Waals surface area (Å²) >= 11 is 0. The quantitative estimate of drug-likeness (QED) is 0.180. The fourth-order valence-electron chi connectivity index (χ4n) is 11.4. The normalized spacial score (nSPS) is 34.9. The van der Waals surface area contributed by atoms with Gasteiger partial charge in [0.25, 0.3) is 8.32 Å². The van der Waals surface area contributed by atoms with Crippen molar-refractivity contribution < 1.29 is 28.6 Å². The molecule has 1 unspecified atom stereocenters. The first-order chi connectivity index (χ1) is 23.2. The summed E-state index contributed by atoms with van der Waals surface area (Å²) in [7, 11) is -2.82. The Morgan fingerprint density at radius 1 is 0.857 bits per heavy atom. The maximum Gasteiger partial charge on any atom is 0.303 e. The predicted octanol–water partition coefficient (Wildman–Crippen LogP) is 7.22. The highest BCUT2D eigenvalue weighted by Gasteiger charge is 2.67. The lowest BCUT2D eigenvalue weighted by atomic mass is 9.43. The second-order valence-corrected chi connectivity index (χ2v) is 21.4. The van der Waals surface area contributed by atoms with Crippen LogP contribution in [0.5, 0.6) is 0 Å². The first-order valence-electron chi connectivity index (χ1n) is 18.6. The standard InChI is InChI=1S/C42H58O6Si/c1-27(26-43)33-19-20-34-37-35(22-24-41(33,34)7)42(8)23-21-30(25-36(42)38(46-28(2)44)39(37)47-29(3)45)48-49(40(4,5)6,31-15-11-9-12-16-31)32-17-13-10-14-18-32/h9-19,27,30,34-39,43H,20-26H2,1-8H3/t27-,30+,34+,35+,36?,37+,38-,39-,41-,42-/m1/s1. The molecule has 10 atom stereocenters. The molecule has 1 N–H and O–H groups in total. The number of aliphatic hydroxyl groups is 1. The van der Waals surface area contributed by atoms with Crippen molar-refractivity contribution in [1.82, 2.24) is 0 Å². The molecule has 0 aliphatic heterocycles. The number of aliphatic hydroxyl groups excluding tert-OH is 1. The van der Waals surface area contributed by atoms with Crippen molar-refractivity contribution in [1.29, 1.82) is 0 Å². The third-order valence-corrected chi connectivity index (χ3v) is 18.6. The summed E-state index contributed by atoms with van der Waals surface area (Å²) in [4.78, 5) is 25.8. The molecule has 2 aromatic carbocycles. The highest BCUT2D eigenvalue weighted by Crippen LogP contribution is 2.68. The fourth-order valence-corrected chi connectivity index (χ4v) is 16.1. The Balaban J connectivity index is 1.41. The van der Waals surface area contributed by atoms with Gasteiger partial charge in [0, 0.05) is 44.3 Å². The van der Waals surface area contributed by atoms with Gasteiger partial charge >= 0.3 is 11.9 Å². The van der Waals surface area contributed by atoms with E-state index >= 15 is 0 Å². The van der Waals surface area contributed by atoms with Crippen LogP contribution < -0.4 is 10.4 Å². The van der Waals surface area contributed by atoms with Crippen molar-refractivity contribution >= 4 is 30.6 Å². The van der Waals surface area contributed by atoms with Crippen molar-refractivity contribution in [2.24, 2.45) is 40.4 Å². The lowest BCUT2D eigenvalue weighted by molar-refractivity contribution is -0.237. The number of ether oxygens (including phenoxy) is 2. The van der Waals surface area contributed by atoms with Gasteiger partial charge in [-0.25, -0.2) is 0 Å². The van der Waals surface area contributed by atoms with E-state index in [9.17, 15) is 14.7 Å². The average molecular weight is 687 g/mol. The molecule has 3 saturated carbocycles. The summed E-state index contributed by atoms with van der Waals surface area (Å²) < 4.78 is 20.4. The zero-order chi connectivity index (χ0) is 35.4. The topological polar surface area (TPSA) is 82.1 Å². The minimum atomic E-state index is -2.82. The van der Waals surface area contributed by atoms with Crippen LogP contribution in [0.1, 0.15) is 93.9 Å². The molecule has 0 saturated heterocycles. The summed E-state index contributed by atoms with van der Waals surface area (Å²) in [5, 5.41) is 12.5. The van der Waals surface area contributed by atoms with E-state index in [4.69, 9.17) is 13.9 Å². The summed E-state index contributed by atoms with van der Waals surface area (Å²) in [6, 6.07) is 21.6. The van der Waals surface area contributed by atoms with Crippen molar-refractivity contribution in [3.63, 3.8) is 0 Å². The number of carbonyl (C=O) groups excluding carboxylic acids is 2. The predicted molar refractivity (Wildman–Crippen MR) is 196 cm³/mol. The van der Waals surface area contributed by atoms with Crippen LogP contribution in [0, 0.1) is 40.4 Å². The van der Waals surface area contributed by atoms with Crippen LogP contribution >= 0.6 is 0 Å². The molecular formula is C42H58O6Si. The number of carbonyl (C=O) groups is 2. The molecule has 6 rings (SSSR count). The van der Waals surface area contributed by atoms with Crippen LogP contribution in [-0.2, 0) is 23.5 Å². The van der Waals surface area contributed by atoms with Crippen LogP contribution in [0.3, 0.4) is 0 Å². The van der Waals surface area contributed by atoms with Crippen LogP contribution in [0.15, 0.2) is 72.3 Å². The number of esters is 2. The smallest absolute Gasteiger partial charge is 0.303 e. The minimum Gasteiger partial charge on any atom is -0.458 e.